The van der Waals surface area contributed by atoms with Crippen LogP contribution in [-0.4, -0.2) is 21.0 Å². The molecule has 6 heteroatoms. The lowest BCUT2D eigenvalue weighted by Crippen LogP contribution is -1.95. The molecule has 2 N–H and O–H groups in total. The first-order valence-electron chi connectivity index (χ1n) is 5.73. The molecule has 0 saturated carbocycles. The van der Waals surface area contributed by atoms with Crippen molar-refractivity contribution in [1.29, 1.82) is 0 Å². The molecule has 0 aliphatic heterocycles. The summed E-state index contributed by atoms with van der Waals surface area (Å²) < 4.78 is 26.2. The molecule has 0 aliphatic carbocycles. The van der Waals surface area contributed by atoms with Gasteiger partial charge in [-0.1, -0.05) is 12.1 Å². The number of H-pyrrole nitrogens is 1. The number of rotatable bonds is 2. The van der Waals surface area contributed by atoms with Gasteiger partial charge in [0.1, 0.15) is 5.82 Å². The maximum atomic E-state index is 13.1. The summed E-state index contributed by atoms with van der Waals surface area (Å²) in [5.41, 5.74) is 1.47. The molecule has 1 aromatic heterocycles. The first-order chi connectivity index (χ1) is 9.54. The van der Waals surface area contributed by atoms with Crippen LogP contribution in [-0.2, 0) is 0 Å². The Morgan fingerprint density at radius 2 is 1.75 bits per heavy atom. The summed E-state index contributed by atoms with van der Waals surface area (Å²) in [4.78, 5) is 17.8. The first-order valence-corrected chi connectivity index (χ1v) is 5.73. The third kappa shape index (κ3) is 2.01. The van der Waals surface area contributed by atoms with Crippen LogP contribution in [0.15, 0.2) is 36.4 Å². The number of nitrogens with zero attached hydrogens (tertiary/aromatic N) is 1. The van der Waals surface area contributed by atoms with Crippen LogP contribution in [0, 0.1) is 11.6 Å². The Kier molecular flexibility index (Phi) is 2.71. The van der Waals surface area contributed by atoms with E-state index < -0.39 is 17.6 Å². The summed E-state index contributed by atoms with van der Waals surface area (Å²) in [6.45, 7) is 0. The van der Waals surface area contributed by atoms with Crippen molar-refractivity contribution in [1.82, 2.24) is 9.97 Å². The molecule has 0 spiro atoms. The highest BCUT2D eigenvalue weighted by molar-refractivity contribution is 5.88. The molecule has 0 radical (unpaired) electrons. The number of carbonyl (C=O) groups is 1. The van der Waals surface area contributed by atoms with Crippen LogP contribution in [0.4, 0.5) is 8.78 Å². The minimum absolute atomic E-state index is 0.155. The Morgan fingerprint density at radius 1 is 1.10 bits per heavy atom. The third-order valence-electron chi connectivity index (χ3n) is 2.93. The predicted molar refractivity (Wildman–Crippen MR) is 68.4 cm³/mol. The highest BCUT2D eigenvalue weighted by Gasteiger charge is 2.10. The smallest absolute Gasteiger partial charge is 0.335 e. The maximum Gasteiger partial charge on any atom is 0.335 e. The van der Waals surface area contributed by atoms with E-state index in [0.717, 1.165) is 12.1 Å². The number of carboxylic acids is 1. The van der Waals surface area contributed by atoms with Crippen LogP contribution < -0.4 is 0 Å². The summed E-state index contributed by atoms with van der Waals surface area (Å²) in [7, 11) is 0. The Morgan fingerprint density at radius 3 is 2.40 bits per heavy atom. The van der Waals surface area contributed by atoms with Crippen molar-refractivity contribution in [2.75, 3.05) is 0 Å². The van der Waals surface area contributed by atoms with Gasteiger partial charge in [0, 0.05) is 17.7 Å². The molecular weight excluding hydrogens is 266 g/mol. The van der Waals surface area contributed by atoms with Gasteiger partial charge in [-0.15, -0.1) is 0 Å². The number of aromatic amines is 1. The zero-order valence-electron chi connectivity index (χ0n) is 10.0. The monoisotopic (exact) mass is 274 g/mol. The van der Waals surface area contributed by atoms with Crippen molar-refractivity contribution in [3.05, 3.63) is 53.6 Å². The van der Waals surface area contributed by atoms with Gasteiger partial charge < -0.3 is 10.1 Å². The van der Waals surface area contributed by atoms with Crippen molar-refractivity contribution < 1.29 is 18.7 Å². The SMILES string of the molecule is O=C(O)c1ccc(-c2nc3cc(F)c(F)cc3[nH]2)cc1. The fraction of sp³-hybridized carbons (Fsp3) is 0. The number of halogens is 2. The zero-order chi connectivity index (χ0) is 14.3. The lowest BCUT2D eigenvalue weighted by atomic mass is 10.1. The fourth-order valence-corrected chi connectivity index (χ4v) is 1.91. The van der Waals surface area contributed by atoms with Crippen molar-refractivity contribution in [2.24, 2.45) is 0 Å². The predicted octanol–water partition coefficient (Wildman–Crippen LogP) is 3.21. The number of fused-ring (bicyclic) bond motifs is 1. The van der Waals surface area contributed by atoms with E-state index in [-0.39, 0.29) is 5.56 Å². The summed E-state index contributed by atoms with van der Waals surface area (Å²) in [6, 6.07) is 8.07. The average molecular weight is 274 g/mol. The fourth-order valence-electron chi connectivity index (χ4n) is 1.91. The second kappa shape index (κ2) is 4.41. The van der Waals surface area contributed by atoms with E-state index in [4.69, 9.17) is 5.11 Å². The normalized spacial score (nSPS) is 10.9. The van der Waals surface area contributed by atoms with Gasteiger partial charge in [-0.05, 0) is 12.1 Å². The zero-order valence-corrected chi connectivity index (χ0v) is 10.0. The molecule has 0 aliphatic rings. The highest BCUT2D eigenvalue weighted by Crippen LogP contribution is 2.22. The van der Waals surface area contributed by atoms with E-state index in [0.29, 0.717) is 22.4 Å². The lowest BCUT2D eigenvalue weighted by molar-refractivity contribution is 0.0697. The Labute approximate surface area is 111 Å². The molecule has 0 bridgehead atoms. The number of nitrogens with one attached hydrogen (secondary N) is 1. The number of imidazole rings is 1. The van der Waals surface area contributed by atoms with E-state index >= 15 is 0 Å². The number of benzene rings is 2. The number of carboxylic acid groups (broad SMARTS) is 1. The van der Waals surface area contributed by atoms with Gasteiger partial charge in [0.05, 0.1) is 16.6 Å². The summed E-state index contributed by atoms with van der Waals surface area (Å²) in [5.74, 6) is -2.52. The van der Waals surface area contributed by atoms with E-state index in [1.54, 1.807) is 12.1 Å². The van der Waals surface area contributed by atoms with Crippen molar-refractivity contribution in [3.63, 3.8) is 0 Å². The highest BCUT2D eigenvalue weighted by atomic mass is 19.2. The molecule has 4 nitrogen and oxygen atoms in total. The van der Waals surface area contributed by atoms with E-state index in [9.17, 15) is 13.6 Å². The molecule has 0 amide bonds. The van der Waals surface area contributed by atoms with Crippen LogP contribution >= 0.6 is 0 Å². The van der Waals surface area contributed by atoms with Crippen molar-refractivity contribution in [3.8, 4) is 11.4 Å². The van der Waals surface area contributed by atoms with Crippen LogP contribution in [0.3, 0.4) is 0 Å². The topological polar surface area (TPSA) is 66.0 Å². The quantitative estimate of drug-likeness (QED) is 0.754. The van der Waals surface area contributed by atoms with Gasteiger partial charge >= 0.3 is 5.97 Å². The van der Waals surface area contributed by atoms with E-state index in [2.05, 4.69) is 9.97 Å². The maximum absolute atomic E-state index is 13.1. The minimum atomic E-state index is -1.02. The lowest BCUT2D eigenvalue weighted by Gasteiger charge is -1.97. The molecule has 3 rings (SSSR count). The van der Waals surface area contributed by atoms with Gasteiger partial charge in [-0.3, -0.25) is 0 Å². The molecular formula is C14H8F2N2O2. The molecule has 100 valence electrons. The largest absolute Gasteiger partial charge is 0.478 e. The summed E-state index contributed by atoms with van der Waals surface area (Å²) >= 11 is 0. The summed E-state index contributed by atoms with van der Waals surface area (Å²) in [5, 5.41) is 8.81. The summed E-state index contributed by atoms with van der Waals surface area (Å²) in [6.07, 6.45) is 0. The van der Waals surface area contributed by atoms with Gasteiger partial charge in [-0.25, -0.2) is 18.6 Å². The van der Waals surface area contributed by atoms with Crippen LogP contribution in [0.2, 0.25) is 0 Å². The molecule has 0 fully saturated rings. The molecule has 3 aromatic rings. The van der Waals surface area contributed by atoms with Crippen LogP contribution in [0.1, 0.15) is 10.4 Å². The van der Waals surface area contributed by atoms with Crippen LogP contribution in [0.25, 0.3) is 22.4 Å². The Balaban J connectivity index is 2.07. The molecule has 20 heavy (non-hydrogen) atoms. The molecule has 1 heterocycles. The number of hydrogen-bond acceptors (Lipinski definition) is 2. The Hall–Kier alpha value is -2.76. The number of hydrogen-bond donors (Lipinski definition) is 2. The minimum Gasteiger partial charge on any atom is -0.478 e. The van der Waals surface area contributed by atoms with Gasteiger partial charge in [0.25, 0.3) is 0 Å². The van der Waals surface area contributed by atoms with Crippen molar-refractivity contribution in [2.45, 2.75) is 0 Å². The van der Waals surface area contributed by atoms with Crippen LogP contribution in [0.5, 0.6) is 0 Å². The molecule has 0 atom stereocenters. The van der Waals surface area contributed by atoms with E-state index in [1.807, 2.05) is 0 Å². The first kappa shape index (κ1) is 12.3. The Bertz CT molecular complexity index is 771. The van der Waals surface area contributed by atoms with Gasteiger partial charge in [0.15, 0.2) is 11.6 Å². The standard InChI is InChI=1S/C14H8F2N2O2/c15-9-5-11-12(6-10(9)16)18-13(17-11)7-1-3-8(4-2-7)14(19)20/h1-6H,(H,17,18)(H,19,20). The average Bonchev–Trinajstić information content (AvgIpc) is 2.82. The van der Waals surface area contributed by atoms with Crippen molar-refractivity contribution >= 4 is 17.0 Å². The van der Waals surface area contributed by atoms with Gasteiger partial charge in [-0.2, -0.15) is 0 Å². The third-order valence-corrected chi connectivity index (χ3v) is 2.93. The second-order valence-electron chi connectivity index (χ2n) is 4.25. The molecule has 0 saturated heterocycles. The second-order valence-corrected chi connectivity index (χ2v) is 4.25. The molecule has 2 aromatic carbocycles. The number of aromatic carboxylic acids is 1. The van der Waals surface area contributed by atoms with E-state index in [1.165, 1.54) is 12.1 Å². The molecule has 0 unspecified atom stereocenters. The number of aromatic nitrogens is 2. The van der Waals surface area contributed by atoms with Gasteiger partial charge in [0.2, 0.25) is 0 Å².